The van der Waals surface area contributed by atoms with Crippen LogP contribution in [0.1, 0.15) is 22.7 Å². The summed E-state index contributed by atoms with van der Waals surface area (Å²) in [5.41, 5.74) is 4.04. The standard InChI is InChI=1S/C16H16Cl2N.ClH/c1-19(2)10-12-5-3-4-6-13(12)16(19)11-7-8-14(17)15(18)9-11;/h3-9,16H,10H2,1-2H3;1H/q+1;/p-1. The van der Waals surface area contributed by atoms with E-state index in [0.717, 1.165) is 11.0 Å². The molecule has 4 heteroatoms. The lowest BCUT2D eigenvalue weighted by molar-refractivity contribution is -0.921. The van der Waals surface area contributed by atoms with E-state index in [9.17, 15) is 0 Å². The molecule has 0 bridgehead atoms. The molecule has 1 unspecified atom stereocenters. The highest BCUT2D eigenvalue weighted by molar-refractivity contribution is 6.42. The monoisotopic (exact) mass is 327 g/mol. The second kappa shape index (κ2) is 5.57. The molecule has 0 saturated heterocycles. The first-order chi connectivity index (χ1) is 8.99. The van der Waals surface area contributed by atoms with Gasteiger partial charge in [0, 0.05) is 16.7 Å². The molecule has 1 aliphatic heterocycles. The van der Waals surface area contributed by atoms with Gasteiger partial charge in [0.2, 0.25) is 0 Å². The van der Waals surface area contributed by atoms with Crippen LogP contribution in [-0.2, 0) is 6.54 Å². The summed E-state index contributed by atoms with van der Waals surface area (Å²) in [7, 11) is 4.51. The minimum Gasteiger partial charge on any atom is -1.00 e. The van der Waals surface area contributed by atoms with Crippen molar-refractivity contribution in [3.63, 3.8) is 0 Å². The van der Waals surface area contributed by atoms with E-state index in [4.69, 9.17) is 23.2 Å². The molecule has 0 spiro atoms. The number of rotatable bonds is 1. The van der Waals surface area contributed by atoms with Gasteiger partial charge in [0.1, 0.15) is 12.6 Å². The van der Waals surface area contributed by atoms with Gasteiger partial charge in [0.15, 0.2) is 0 Å². The first-order valence-corrected chi connectivity index (χ1v) is 7.10. The quantitative estimate of drug-likeness (QED) is 0.699. The number of fused-ring (bicyclic) bond motifs is 1. The number of hydrogen-bond donors (Lipinski definition) is 0. The zero-order valence-electron chi connectivity index (χ0n) is 11.4. The lowest BCUT2D eigenvalue weighted by atomic mass is 9.97. The molecule has 1 aliphatic rings. The Hall–Kier alpha value is -0.730. The SMILES string of the molecule is C[N+]1(C)Cc2ccccc2C1c1ccc(Cl)c(Cl)c1.[Cl-]. The second-order valence-electron chi connectivity index (χ2n) is 5.71. The van der Waals surface area contributed by atoms with Crippen molar-refractivity contribution in [3.8, 4) is 0 Å². The molecule has 2 aromatic rings. The third-order valence-corrected chi connectivity index (χ3v) is 4.62. The van der Waals surface area contributed by atoms with Crippen LogP contribution in [-0.4, -0.2) is 18.6 Å². The Balaban J connectivity index is 0.00000147. The molecule has 0 radical (unpaired) electrons. The van der Waals surface area contributed by atoms with Crippen LogP contribution in [0.25, 0.3) is 0 Å². The Morgan fingerprint density at radius 2 is 1.70 bits per heavy atom. The van der Waals surface area contributed by atoms with E-state index >= 15 is 0 Å². The van der Waals surface area contributed by atoms with Gasteiger partial charge in [0.05, 0.1) is 24.1 Å². The Morgan fingerprint density at radius 1 is 1.00 bits per heavy atom. The van der Waals surface area contributed by atoms with Gasteiger partial charge in [-0.1, -0.05) is 53.5 Å². The molecular formula is C16H16Cl3N. The third kappa shape index (κ3) is 2.56. The van der Waals surface area contributed by atoms with Crippen molar-refractivity contribution in [1.29, 1.82) is 0 Å². The zero-order valence-corrected chi connectivity index (χ0v) is 13.7. The summed E-state index contributed by atoms with van der Waals surface area (Å²) < 4.78 is 0.914. The molecule has 20 heavy (non-hydrogen) atoms. The van der Waals surface area contributed by atoms with E-state index < -0.39 is 0 Å². The normalized spacial score (nSPS) is 19.3. The number of nitrogens with zero attached hydrogens (tertiary/aromatic N) is 1. The van der Waals surface area contributed by atoms with Crippen LogP contribution in [0.3, 0.4) is 0 Å². The fourth-order valence-corrected chi connectivity index (χ4v) is 3.42. The molecule has 3 rings (SSSR count). The van der Waals surface area contributed by atoms with E-state index in [1.54, 1.807) is 0 Å². The highest BCUT2D eigenvalue weighted by Gasteiger charge is 2.39. The van der Waals surface area contributed by atoms with Gasteiger partial charge >= 0.3 is 0 Å². The Labute approximate surface area is 136 Å². The zero-order chi connectivity index (χ0) is 13.6. The lowest BCUT2D eigenvalue weighted by Crippen LogP contribution is -3.00. The smallest absolute Gasteiger partial charge is 0.141 e. The fraction of sp³-hybridized carbons (Fsp3) is 0.250. The van der Waals surface area contributed by atoms with Gasteiger partial charge in [-0.05, 0) is 12.1 Å². The van der Waals surface area contributed by atoms with Gasteiger partial charge < -0.3 is 16.9 Å². The Morgan fingerprint density at radius 3 is 2.40 bits per heavy atom. The van der Waals surface area contributed by atoms with E-state index in [-0.39, 0.29) is 12.4 Å². The fourth-order valence-electron chi connectivity index (χ4n) is 3.12. The molecule has 0 saturated carbocycles. The predicted molar refractivity (Wildman–Crippen MR) is 80.6 cm³/mol. The van der Waals surface area contributed by atoms with Crippen LogP contribution in [0.15, 0.2) is 42.5 Å². The van der Waals surface area contributed by atoms with Crippen LogP contribution in [0.5, 0.6) is 0 Å². The summed E-state index contributed by atoms with van der Waals surface area (Å²) in [5, 5.41) is 1.24. The number of hydrogen-bond acceptors (Lipinski definition) is 0. The molecule has 1 heterocycles. The van der Waals surface area contributed by atoms with Crippen molar-refractivity contribution in [2.75, 3.05) is 14.1 Å². The molecule has 1 nitrogen and oxygen atoms in total. The van der Waals surface area contributed by atoms with Crippen LogP contribution in [0, 0.1) is 0 Å². The molecule has 1 atom stereocenters. The van der Waals surface area contributed by atoms with Crippen LogP contribution in [0.2, 0.25) is 10.0 Å². The van der Waals surface area contributed by atoms with Crippen molar-refractivity contribution in [2.45, 2.75) is 12.6 Å². The lowest BCUT2D eigenvalue weighted by Gasteiger charge is -2.32. The molecule has 106 valence electrons. The molecule has 0 aliphatic carbocycles. The van der Waals surface area contributed by atoms with Crippen LogP contribution in [0.4, 0.5) is 0 Å². The van der Waals surface area contributed by atoms with Gasteiger partial charge in [-0.25, -0.2) is 0 Å². The van der Waals surface area contributed by atoms with E-state index in [0.29, 0.717) is 16.1 Å². The first-order valence-electron chi connectivity index (χ1n) is 6.34. The minimum atomic E-state index is 0. The van der Waals surface area contributed by atoms with Crippen molar-refractivity contribution < 1.29 is 16.9 Å². The summed E-state index contributed by atoms with van der Waals surface area (Å²) >= 11 is 12.2. The van der Waals surface area contributed by atoms with E-state index in [2.05, 4.69) is 44.4 Å². The van der Waals surface area contributed by atoms with Crippen molar-refractivity contribution >= 4 is 23.2 Å². The minimum absolute atomic E-state index is 0. The molecule has 0 N–H and O–H groups in total. The number of quaternary nitrogens is 1. The Kier molecular flexibility index (Phi) is 4.36. The largest absolute Gasteiger partial charge is 1.00 e. The third-order valence-electron chi connectivity index (χ3n) is 3.89. The first kappa shape index (κ1) is 15.7. The van der Waals surface area contributed by atoms with Crippen LogP contribution >= 0.6 is 23.2 Å². The molecule has 2 aromatic carbocycles. The highest BCUT2D eigenvalue weighted by Crippen LogP contribution is 2.43. The van der Waals surface area contributed by atoms with Crippen LogP contribution < -0.4 is 12.4 Å². The highest BCUT2D eigenvalue weighted by atomic mass is 35.5. The maximum atomic E-state index is 6.17. The molecule has 0 aromatic heterocycles. The van der Waals surface area contributed by atoms with Crippen molar-refractivity contribution in [2.24, 2.45) is 0 Å². The number of halogens is 3. The van der Waals surface area contributed by atoms with E-state index in [1.165, 1.54) is 16.7 Å². The summed E-state index contributed by atoms with van der Waals surface area (Å²) in [6.07, 6.45) is 0. The van der Waals surface area contributed by atoms with Crippen molar-refractivity contribution in [3.05, 3.63) is 69.2 Å². The Bertz CT molecular complexity index is 637. The van der Waals surface area contributed by atoms with Crippen molar-refractivity contribution in [1.82, 2.24) is 0 Å². The van der Waals surface area contributed by atoms with Gasteiger partial charge in [0.25, 0.3) is 0 Å². The van der Waals surface area contributed by atoms with Gasteiger partial charge in [-0.3, -0.25) is 0 Å². The maximum Gasteiger partial charge on any atom is 0.141 e. The van der Waals surface area contributed by atoms with Gasteiger partial charge in [-0.15, -0.1) is 0 Å². The summed E-state index contributed by atoms with van der Waals surface area (Å²) in [4.78, 5) is 0. The molecule has 0 amide bonds. The average molecular weight is 329 g/mol. The van der Waals surface area contributed by atoms with E-state index in [1.807, 2.05) is 12.1 Å². The summed E-state index contributed by atoms with van der Waals surface area (Å²) in [6, 6.07) is 14.9. The topological polar surface area (TPSA) is 0 Å². The van der Waals surface area contributed by atoms with Gasteiger partial charge in [-0.2, -0.15) is 0 Å². The molecule has 0 fully saturated rings. The summed E-state index contributed by atoms with van der Waals surface area (Å²) in [5.74, 6) is 0. The predicted octanol–water partition coefficient (Wildman–Crippen LogP) is 1.68. The molecular weight excluding hydrogens is 313 g/mol. The second-order valence-corrected chi connectivity index (χ2v) is 6.53. The number of benzene rings is 2. The average Bonchev–Trinajstić information content (AvgIpc) is 2.62. The summed E-state index contributed by atoms with van der Waals surface area (Å²) in [6.45, 7) is 1.04. The maximum absolute atomic E-state index is 6.17.